The summed E-state index contributed by atoms with van der Waals surface area (Å²) >= 11 is 0. The average Bonchev–Trinajstić information content (AvgIpc) is 3.36. The Morgan fingerprint density at radius 3 is 1.80 bits per heavy atom. The van der Waals surface area contributed by atoms with E-state index in [0.29, 0.717) is 11.8 Å². The zero-order valence-corrected chi connectivity index (χ0v) is 28.0. The molecule has 0 amide bonds. The van der Waals surface area contributed by atoms with E-state index in [9.17, 15) is 0 Å². The molecule has 5 aliphatic carbocycles. The number of hydrogen-bond donors (Lipinski definition) is 0. The Bertz CT molecular complexity index is 1950. The minimum atomic E-state index is -3.07. The highest BCUT2D eigenvalue weighted by Crippen LogP contribution is 2.69. The SMILES string of the molecule is CC(C)(C)c1cc2c(cn1)C1(c3cc(-c4cccc(P(=O)(c5ccccc5)c5ccccc5)c4)ccc3-2)C2CC3CC(C2)CC1C3. The van der Waals surface area contributed by atoms with E-state index in [1.54, 1.807) is 0 Å². The van der Waals surface area contributed by atoms with Gasteiger partial charge in [0.1, 0.15) is 0 Å². The van der Waals surface area contributed by atoms with Gasteiger partial charge in [-0.2, -0.15) is 0 Å². The molecule has 1 aromatic heterocycles. The summed E-state index contributed by atoms with van der Waals surface area (Å²) in [5.74, 6) is 3.16. The van der Waals surface area contributed by atoms with Crippen molar-refractivity contribution >= 4 is 23.1 Å². The molecule has 0 radical (unpaired) electrons. The molecule has 0 N–H and O–H groups in total. The quantitative estimate of drug-likeness (QED) is 0.188. The van der Waals surface area contributed by atoms with Gasteiger partial charge >= 0.3 is 0 Å². The molecule has 10 rings (SSSR count). The summed E-state index contributed by atoms with van der Waals surface area (Å²) in [6, 6.07) is 38.3. The molecule has 1 heterocycles. The fourth-order valence-electron chi connectivity index (χ4n) is 10.3. The molecule has 3 heteroatoms. The van der Waals surface area contributed by atoms with Gasteiger partial charge in [-0.1, -0.05) is 112 Å². The number of rotatable bonds is 4. The third-order valence-electron chi connectivity index (χ3n) is 12.1. The number of benzene rings is 4. The van der Waals surface area contributed by atoms with E-state index in [1.807, 2.05) is 60.7 Å². The predicted molar refractivity (Wildman–Crippen MR) is 191 cm³/mol. The van der Waals surface area contributed by atoms with E-state index in [4.69, 9.17) is 4.98 Å². The molecule has 2 nitrogen and oxygen atoms in total. The van der Waals surface area contributed by atoms with Crippen molar-refractivity contribution in [3.63, 3.8) is 0 Å². The molecule has 0 saturated heterocycles. The summed E-state index contributed by atoms with van der Waals surface area (Å²) in [5, 5.41) is 2.63. The van der Waals surface area contributed by atoms with Gasteiger partial charge in [-0.15, -0.1) is 0 Å². The summed E-state index contributed by atoms with van der Waals surface area (Å²) in [6.45, 7) is 6.82. The van der Waals surface area contributed by atoms with Gasteiger partial charge in [0, 0.05) is 38.6 Å². The van der Waals surface area contributed by atoms with Crippen LogP contribution >= 0.6 is 7.14 Å². The van der Waals surface area contributed by atoms with Crippen molar-refractivity contribution in [1.29, 1.82) is 0 Å². The van der Waals surface area contributed by atoms with Crippen molar-refractivity contribution in [1.82, 2.24) is 4.98 Å². The lowest BCUT2D eigenvalue weighted by Crippen LogP contribution is -2.55. The Morgan fingerprint density at radius 2 is 1.20 bits per heavy atom. The lowest BCUT2D eigenvalue weighted by Gasteiger charge is -2.61. The van der Waals surface area contributed by atoms with Crippen LogP contribution in [0.3, 0.4) is 0 Å². The zero-order valence-electron chi connectivity index (χ0n) is 27.1. The van der Waals surface area contributed by atoms with Gasteiger partial charge in [0.15, 0.2) is 7.14 Å². The van der Waals surface area contributed by atoms with Gasteiger partial charge in [-0.25, -0.2) is 0 Å². The first kappa shape index (κ1) is 28.5. The molecular weight excluding hydrogens is 577 g/mol. The number of nitrogens with zero attached hydrogens (tertiary/aromatic N) is 1. The molecule has 4 fully saturated rings. The van der Waals surface area contributed by atoms with Crippen LogP contribution < -0.4 is 15.9 Å². The van der Waals surface area contributed by atoms with Crippen molar-refractivity contribution in [3.8, 4) is 22.3 Å². The molecule has 4 saturated carbocycles. The van der Waals surface area contributed by atoms with Crippen LogP contribution in [0, 0.1) is 23.7 Å². The highest BCUT2D eigenvalue weighted by Gasteiger charge is 2.61. The summed E-state index contributed by atoms with van der Waals surface area (Å²) in [7, 11) is -3.07. The van der Waals surface area contributed by atoms with Crippen LogP contribution in [0.25, 0.3) is 22.3 Å². The van der Waals surface area contributed by atoms with Crippen LogP contribution in [0.4, 0.5) is 0 Å². The molecule has 5 aromatic rings. The van der Waals surface area contributed by atoms with Crippen LogP contribution in [0.15, 0.2) is 115 Å². The lowest BCUT2D eigenvalue weighted by molar-refractivity contribution is -0.0400. The van der Waals surface area contributed by atoms with Gasteiger partial charge < -0.3 is 4.57 Å². The monoisotopic (exact) mass is 619 g/mol. The molecule has 1 spiro atoms. The highest BCUT2D eigenvalue weighted by molar-refractivity contribution is 7.85. The van der Waals surface area contributed by atoms with Crippen molar-refractivity contribution in [2.45, 2.75) is 63.7 Å². The maximum absolute atomic E-state index is 15.3. The summed E-state index contributed by atoms with van der Waals surface area (Å²) in [6.07, 6.45) is 9.13. The molecule has 5 aliphatic rings. The first-order chi connectivity index (χ1) is 22.3. The highest BCUT2D eigenvalue weighted by atomic mass is 31.2. The Morgan fingerprint density at radius 1 is 0.609 bits per heavy atom. The van der Waals surface area contributed by atoms with E-state index >= 15 is 4.57 Å². The van der Waals surface area contributed by atoms with Crippen molar-refractivity contribution in [3.05, 3.63) is 132 Å². The van der Waals surface area contributed by atoms with E-state index < -0.39 is 7.14 Å². The van der Waals surface area contributed by atoms with Gasteiger partial charge in [0.2, 0.25) is 0 Å². The fraction of sp³-hybridized carbons (Fsp3) is 0.326. The minimum absolute atomic E-state index is 0.000830. The second kappa shape index (κ2) is 10.1. The van der Waals surface area contributed by atoms with E-state index in [1.165, 1.54) is 65.6 Å². The second-order valence-electron chi connectivity index (χ2n) is 15.6. The first-order valence-electron chi connectivity index (χ1n) is 17.2. The molecule has 230 valence electrons. The normalized spacial score (nSPS) is 25.9. The van der Waals surface area contributed by atoms with Gasteiger partial charge in [-0.05, 0) is 107 Å². The number of pyridine rings is 1. The Balaban J connectivity index is 1.22. The van der Waals surface area contributed by atoms with Crippen molar-refractivity contribution in [2.24, 2.45) is 23.7 Å². The largest absolute Gasteiger partial charge is 0.309 e. The van der Waals surface area contributed by atoms with Gasteiger partial charge in [0.25, 0.3) is 0 Å². The zero-order chi connectivity index (χ0) is 31.3. The Labute approximate surface area is 273 Å². The molecule has 4 bridgehead atoms. The van der Waals surface area contributed by atoms with Crippen molar-refractivity contribution < 1.29 is 4.57 Å². The third-order valence-corrected chi connectivity index (χ3v) is 15.1. The molecule has 0 unspecified atom stereocenters. The third kappa shape index (κ3) is 4.02. The van der Waals surface area contributed by atoms with E-state index in [0.717, 1.165) is 33.3 Å². The second-order valence-corrected chi connectivity index (χ2v) is 18.4. The first-order valence-corrected chi connectivity index (χ1v) is 18.9. The summed E-state index contributed by atoms with van der Waals surface area (Å²) in [5.41, 5.74) is 9.44. The van der Waals surface area contributed by atoms with Crippen molar-refractivity contribution in [2.75, 3.05) is 0 Å². The summed E-state index contributed by atoms with van der Waals surface area (Å²) in [4.78, 5) is 5.16. The van der Waals surface area contributed by atoms with Crippen LogP contribution in [0.2, 0.25) is 0 Å². The van der Waals surface area contributed by atoms with Crippen LogP contribution in [-0.4, -0.2) is 4.98 Å². The molecular formula is C43H42NOP. The van der Waals surface area contributed by atoms with E-state index in [2.05, 4.69) is 75.5 Å². The molecule has 0 aliphatic heterocycles. The van der Waals surface area contributed by atoms with Crippen LogP contribution in [0.5, 0.6) is 0 Å². The maximum Gasteiger partial charge on any atom is 0.171 e. The average molecular weight is 620 g/mol. The van der Waals surface area contributed by atoms with Gasteiger partial charge in [-0.3, -0.25) is 4.98 Å². The lowest BCUT2D eigenvalue weighted by atomic mass is 9.43. The Kier molecular flexibility index (Phi) is 6.27. The topological polar surface area (TPSA) is 30.0 Å². The smallest absolute Gasteiger partial charge is 0.171 e. The standard InChI is InChI=1S/C43H42NOP/c1-42(2,3)41-26-38-37-18-17-31(25-39(37)43(40(38)27-44-41)32-20-28-19-29(22-32)23-33(43)21-28)30-11-10-16-36(24-30)46(45,34-12-6-4-7-13-34)35-14-8-5-9-15-35/h4-18,24-29,32-33H,19-23H2,1-3H3. The number of aromatic nitrogens is 1. The summed E-state index contributed by atoms with van der Waals surface area (Å²) < 4.78 is 15.3. The number of hydrogen-bond acceptors (Lipinski definition) is 2. The fourth-order valence-corrected chi connectivity index (χ4v) is 13.0. The molecule has 0 atom stereocenters. The van der Waals surface area contributed by atoms with E-state index in [-0.39, 0.29) is 10.8 Å². The Hall–Kier alpha value is -3.74. The molecule has 4 aromatic carbocycles. The minimum Gasteiger partial charge on any atom is -0.309 e. The maximum atomic E-state index is 15.3. The van der Waals surface area contributed by atoms with Crippen LogP contribution in [-0.2, 0) is 15.4 Å². The van der Waals surface area contributed by atoms with Gasteiger partial charge in [0.05, 0.1) is 0 Å². The van der Waals surface area contributed by atoms with Crippen LogP contribution in [0.1, 0.15) is 69.7 Å². The molecule has 46 heavy (non-hydrogen) atoms. The number of fused-ring (bicyclic) bond motifs is 3. The predicted octanol–water partition coefficient (Wildman–Crippen LogP) is 9.41.